The second kappa shape index (κ2) is 10.3. The predicted molar refractivity (Wildman–Crippen MR) is 81.8 cm³/mol. The third-order valence-corrected chi connectivity index (χ3v) is 3.87. The summed E-state index contributed by atoms with van der Waals surface area (Å²) in [7, 11) is 0. The van der Waals surface area contributed by atoms with E-state index in [0.717, 1.165) is 6.42 Å². The first-order valence-corrected chi connectivity index (χ1v) is 7.61. The summed E-state index contributed by atoms with van der Waals surface area (Å²) in [5.74, 6) is -1.41. The minimum absolute atomic E-state index is 0.0384. The van der Waals surface area contributed by atoms with Gasteiger partial charge < -0.3 is 20.9 Å². The molecule has 0 aliphatic rings. The molecule has 0 heterocycles. The average molecular weight is 316 g/mol. The highest BCUT2D eigenvalue weighted by molar-refractivity contribution is 5.78. The van der Waals surface area contributed by atoms with Gasteiger partial charge in [-0.15, -0.1) is 0 Å². The lowest BCUT2D eigenvalue weighted by atomic mass is 10.0. The van der Waals surface area contributed by atoms with Crippen LogP contribution < -0.4 is 11.5 Å². The molecule has 0 aromatic rings. The van der Waals surface area contributed by atoms with Crippen molar-refractivity contribution in [2.24, 2.45) is 23.3 Å². The zero-order valence-electron chi connectivity index (χ0n) is 13.8. The smallest absolute Gasteiger partial charge is 0.324 e. The van der Waals surface area contributed by atoms with E-state index in [1.54, 1.807) is 0 Å². The van der Waals surface area contributed by atoms with Crippen molar-refractivity contribution in [2.45, 2.75) is 58.7 Å². The van der Waals surface area contributed by atoms with Gasteiger partial charge in [-0.1, -0.05) is 40.5 Å². The van der Waals surface area contributed by atoms with Crippen molar-refractivity contribution in [3.8, 4) is 0 Å². The van der Waals surface area contributed by atoms with E-state index in [2.05, 4.69) is 0 Å². The molecule has 4 N–H and O–H groups in total. The van der Waals surface area contributed by atoms with Gasteiger partial charge in [-0.05, 0) is 11.8 Å². The van der Waals surface area contributed by atoms with Gasteiger partial charge in [-0.25, -0.2) is 0 Å². The van der Waals surface area contributed by atoms with Gasteiger partial charge in [0, 0.05) is 0 Å². The maximum Gasteiger partial charge on any atom is 0.324 e. The van der Waals surface area contributed by atoms with Crippen LogP contribution in [0.4, 0.5) is 0 Å². The highest BCUT2D eigenvalue weighted by Gasteiger charge is 2.26. The standard InChI is InChI=1S/C15H28N2O5/c1-5-9(3)12(16)14(19)21-8-11(7-18)22-15(20)13(17)10(4)6-2/h7,9-13H,5-6,8,16-17H2,1-4H3/t9?,10?,11?,12-,13-/m0/s1. The van der Waals surface area contributed by atoms with Gasteiger partial charge in [0.25, 0.3) is 0 Å². The van der Waals surface area contributed by atoms with E-state index < -0.39 is 30.1 Å². The molecule has 0 aromatic carbocycles. The van der Waals surface area contributed by atoms with Crippen molar-refractivity contribution in [2.75, 3.05) is 6.61 Å². The molecule has 0 aromatic heterocycles. The van der Waals surface area contributed by atoms with Crippen molar-refractivity contribution in [1.82, 2.24) is 0 Å². The van der Waals surface area contributed by atoms with Gasteiger partial charge in [-0.2, -0.15) is 0 Å². The molecule has 0 aliphatic carbocycles. The molecule has 0 fully saturated rings. The van der Waals surface area contributed by atoms with E-state index in [4.69, 9.17) is 20.9 Å². The van der Waals surface area contributed by atoms with Crippen LogP contribution in [0.3, 0.4) is 0 Å². The van der Waals surface area contributed by atoms with Crippen molar-refractivity contribution < 1.29 is 23.9 Å². The summed E-state index contributed by atoms with van der Waals surface area (Å²) in [4.78, 5) is 34.4. The molecule has 0 radical (unpaired) electrons. The summed E-state index contributed by atoms with van der Waals surface area (Å²) in [5, 5.41) is 0. The third kappa shape index (κ3) is 6.53. The summed E-state index contributed by atoms with van der Waals surface area (Å²) in [6.07, 6.45) is 0.673. The summed E-state index contributed by atoms with van der Waals surface area (Å²) in [6, 6.07) is -1.58. The Labute approximate surface area is 131 Å². The van der Waals surface area contributed by atoms with Crippen LogP contribution in [0.15, 0.2) is 0 Å². The van der Waals surface area contributed by atoms with E-state index in [1.165, 1.54) is 0 Å². The Hall–Kier alpha value is -1.47. The van der Waals surface area contributed by atoms with Crippen LogP contribution in [0.5, 0.6) is 0 Å². The first-order chi connectivity index (χ1) is 10.3. The second-order valence-electron chi connectivity index (χ2n) is 5.56. The van der Waals surface area contributed by atoms with E-state index >= 15 is 0 Å². The molecular weight excluding hydrogens is 288 g/mol. The average Bonchev–Trinajstić information content (AvgIpc) is 2.54. The van der Waals surface area contributed by atoms with Gasteiger partial charge >= 0.3 is 11.9 Å². The molecule has 0 aliphatic heterocycles. The lowest BCUT2D eigenvalue weighted by Gasteiger charge is -2.21. The molecule has 0 amide bonds. The highest BCUT2D eigenvalue weighted by atomic mass is 16.6. The SMILES string of the molecule is CCC(C)[C@H](N)C(=O)OCC(C=O)OC(=O)[C@@H](N)C(C)CC. The summed E-state index contributed by atoms with van der Waals surface area (Å²) in [6.45, 7) is 7.09. The Bertz CT molecular complexity index is 375. The number of rotatable bonds is 10. The number of esters is 2. The molecule has 0 saturated carbocycles. The van der Waals surface area contributed by atoms with Gasteiger partial charge in [0.15, 0.2) is 12.4 Å². The number of carbonyl (C=O) groups excluding carboxylic acids is 3. The predicted octanol–water partition coefficient (Wildman–Crippen LogP) is 0.387. The van der Waals surface area contributed by atoms with Gasteiger partial charge in [0.2, 0.25) is 0 Å². The molecule has 128 valence electrons. The first-order valence-electron chi connectivity index (χ1n) is 7.61. The summed E-state index contributed by atoms with van der Waals surface area (Å²) >= 11 is 0. The maximum atomic E-state index is 11.8. The molecule has 0 rings (SSSR count). The molecule has 7 heteroatoms. The van der Waals surface area contributed by atoms with Crippen LogP contribution in [0, 0.1) is 11.8 Å². The number of hydrogen-bond donors (Lipinski definition) is 2. The number of carbonyl (C=O) groups is 3. The highest BCUT2D eigenvalue weighted by Crippen LogP contribution is 2.09. The van der Waals surface area contributed by atoms with Crippen LogP contribution in [0.1, 0.15) is 40.5 Å². The number of nitrogens with two attached hydrogens (primary N) is 2. The van der Waals surface area contributed by atoms with E-state index in [9.17, 15) is 14.4 Å². The van der Waals surface area contributed by atoms with Crippen LogP contribution in [-0.4, -0.2) is 43.0 Å². The maximum absolute atomic E-state index is 11.8. The minimum Gasteiger partial charge on any atom is -0.460 e. The topological polar surface area (TPSA) is 122 Å². The number of aldehydes is 1. The molecular formula is C15H28N2O5. The number of ether oxygens (including phenoxy) is 2. The van der Waals surface area contributed by atoms with Gasteiger partial charge in [0.05, 0.1) is 0 Å². The zero-order valence-corrected chi connectivity index (χ0v) is 13.8. The molecule has 22 heavy (non-hydrogen) atoms. The minimum atomic E-state index is -1.17. The third-order valence-electron chi connectivity index (χ3n) is 3.87. The lowest BCUT2D eigenvalue weighted by molar-refractivity contribution is -0.163. The van der Waals surface area contributed by atoms with Gasteiger partial charge in [-0.3, -0.25) is 14.4 Å². The number of hydrogen-bond acceptors (Lipinski definition) is 7. The van der Waals surface area contributed by atoms with Crippen LogP contribution in [0.25, 0.3) is 0 Å². The van der Waals surface area contributed by atoms with Crippen molar-refractivity contribution >= 4 is 18.2 Å². The zero-order chi connectivity index (χ0) is 17.3. The van der Waals surface area contributed by atoms with Gasteiger partial charge in [0.1, 0.15) is 18.7 Å². The largest absolute Gasteiger partial charge is 0.460 e. The Morgan fingerprint density at radius 3 is 1.86 bits per heavy atom. The van der Waals surface area contributed by atoms with Crippen LogP contribution >= 0.6 is 0 Å². The molecule has 0 spiro atoms. The van der Waals surface area contributed by atoms with Crippen molar-refractivity contribution in [3.05, 3.63) is 0 Å². The van der Waals surface area contributed by atoms with Crippen LogP contribution in [0.2, 0.25) is 0 Å². The molecule has 0 saturated heterocycles. The summed E-state index contributed by atoms with van der Waals surface area (Å²) < 4.78 is 9.89. The fraction of sp³-hybridized carbons (Fsp3) is 0.800. The van der Waals surface area contributed by atoms with Crippen LogP contribution in [-0.2, 0) is 23.9 Å². The fourth-order valence-electron chi connectivity index (χ4n) is 1.56. The quantitative estimate of drug-likeness (QED) is 0.441. The Morgan fingerprint density at radius 1 is 1.00 bits per heavy atom. The first kappa shape index (κ1) is 20.5. The Balaban J connectivity index is 4.41. The Kier molecular flexibility index (Phi) is 9.60. The summed E-state index contributed by atoms with van der Waals surface area (Å²) in [5.41, 5.74) is 11.4. The lowest BCUT2D eigenvalue weighted by Crippen LogP contribution is -2.42. The normalized spacial score (nSPS) is 17.7. The second-order valence-corrected chi connectivity index (χ2v) is 5.56. The monoisotopic (exact) mass is 316 g/mol. The fourth-order valence-corrected chi connectivity index (χ4v) is 1.56. The molecule has 0 bridgehead atoms. The molecule has 5 atom stereocenters. The Morgan fingerprint density at radius 2 is 1.45 bits per heavy atom. The van der Waals surface area contributed by atoms with E-state index in [1.807, 2.05) is 27.7 Å². The van der Waals surface area contributed by atoms with Crippen molar-refractivity contribution in [1.29, 1.82) is 0 Å². The van der Waals surface area contributed by atoms with E-state index in [-0.39, 0.29) is 18.4 Å². The molecule has 3 unspecified atom stereocenters. The van der Waals surface area contributed by atoms with Crippen molar-refractivity contribution in [3.63, 3.8) is 0 Å². The molecule has 7 nitrogen and oxygen atoms in total. The van der Waals surface area contributed by atoms with E-state index in [0.29, 0.717) is 12.7 Å².